The average molecular weight is 418 g/mol. The Bertz CT molecular complexity index is 1080. The van der Waals surface area contributed by atoms with Crippen molar-refractivity contribution >= 4 is 23.2 Å². The van der Waals surface area contributed by atoms with Gasteiger partial charge in [-0.1, -0.05) is 31.2 Å². The number of ether oxygens (including phenoxy) is 1. The largest absolute Gasteiger partial charge is 0.496 e. The number of aryl methyl sites for hydroxylation is 1. The minimum absolute atomic E-state index is 0.0123. The zero-order valence-electron chi connectivity index (χ0n) is 18.1. The van der Waals surface area contributed by atoms with Crippen LogP contribution in [-0.4, -0.2) is 30.8 Å². The summed E-state index contributed by atoms with van der Waals surface area (Å²) < 4.78 is 5.50. The molecule has 3 rings (SSSR count). The number of carbonyl (C=O) groups is 2. The second-order valence-electron chi connectivity index (χ2n) is 7.24. The Morgan fingerprint density at radius 3 is 2.42 bits per heavy atom. The summed E-state index contributed by atoms with van der Waals surface area (Å²) in [5, 5.41) is 0. The van der Waals surface area contributed by atoms with E-state index < -0.39 is 0 Å². The molecule has 0 saturated carbocycles. The van der Waals surface area contributed by atoms with Gasteiger partial charge >= 0.3 is 0 Å². The van der Waals surface area contributed by atoms with Crippen LogP contribution in [0.15, 0.2) is 60.8 Å². The van der Waals surface area contributed by atoms with Crippen LogP contribution in [-0.2, 0) is 11.2 Å². The van der Waals surface area contributed by atoms with Crippen LogP contribution in [0.4, 0.5) is 11.5 Å². The maximum Gasteiger partial charge on any atom is 0.226 e. The molecule has 6 heteroatoms. The monoisotopic (exact) mass is 417 g/mol. The van der Waals surface area contributed by atoms with Crippen molar-refractivity contribution in [2.24, 2.45) is 0 Å². The van der Waals surface area contributed by atoms with Gasteiger partial charge in [-0.2, -0.15) is 0 Å². The molecule has 0 radical (unpaired) electrons. The van der Waals surface area contributed by atoms with Gasteiger partial charge < -0.3 is 15.4 Å². The van der Waals surface area contributed by atoms with Crippen LogP contribution in [0.25, 0.3) is 11.1 Å². The number of nitrogen functional groups attached to an aromatic ring is 1. The molecule has 0 bridgehead atoms. The van der Waals surface area contributed by atoms with Gasteiger partial charge in [0.2, 0.25) is 5.91 Å². The molecule has 0 fully saturated rings. The van der Waals surface area contributed by atoms with Crippen molar-refractivity contribution < 1.29 is 14.3 Å². The van der Waals surface area contributed by atoms with E-state index in [1.807, 2.05) is 55.5 Å². The number of carbonyl (C=O) groups excluding carboxylic acids is 2. The van der Waals surface area contributed by atoms with Crippen molar-refractivity contribution in [3.63, 3.8) is 0 Å². The molecule has 0 spiro atoms. The van der Waals surface area contributed by atoms with Gasteiger partial charge in [-0.05, 0) is 53.4 Å². The quantitative estimate of drug-likeness (QED) is 0.544. The molecule has 0 aliphatic carbocycles. The molecular formula is C25H27N3O3. The Morgan fingerprint density at radius 2 is 1.77 bits per heavy atom. The lowest BCUT2D eigenvalue weighted by molar-refractivity contribution is -0.118. The molecule has 2 N–H and O–H groups in total. The summed E-state index contributed by atoms with van der Waals surface area (Å²) >= 11 is 0. The van der Waals surface area contributed by atoms with E-state index in [-0.39, 0.29) is 11.7 Å². The van der Waals surface area contributed by atoms with Gasteiger partial charge in [0, 0.05) is 31.8 Å². The van der Waals surface area contributed by atoms with Gasteiger partial charge in [-0.15, -0.1) is 0 Å². The minimum Gasteiger partial charge on any atom is -0.496 e. The van der Waals surface area contributed by atoms with E-state index in [2.05, 4.69) is 4.98 Å². The van der Waals surface area contributed by atoms with Crippen LogP contribution in [0.2, 0.25) is 0 Å². The number of nitrogens with zero attached hydrogens (tertiary/aromatic N) is 2. The van der Waals surface area contributed by atoms with Crippen LogP contribution in [0.3, 0.4) is 0 Å². The number of aromatic nitrogens is 1. The number of amides is 1. The number of methoxy groups -OCH3 is 1. The molecule has 1 heterocycles. The maximum atomic E-state index is 12.8. The summed E-state index contributed by atoms with van der Waals surface area (Å²) in [5.74, 6) is 1.03. The Hall–Kier alpha value is -3.67. The first-order valence-corrected chi connectivity index (χ1v) is 10.2. The van der Waals surface area contributed by atoms with Gasteiger partial charge in [-0.3, -0.25) is 9.59 Å². The fourth-order valence-electron chi connectivity index (χ4n) is 3.40. The lowest BCUT2D eigenvalue weighted by atomic mass is 9.98. The highest BCUT2D eigenvalue weighted by molar-refractivity contribution is 5.99. The number of hydrogen-bond acceptors (Lipinski definition) is 5. The normalized spacial score (nSPS) is 10.5. The number of benzene rings is 2. The number of Topliss-reactive ketones (excluding diaryl/α,β-unsaturated/α-hetero) is 1. The Morgan fingerprint density at radius 1 is 1.06 bits per heavy atom. The van der Waals surface area contributed by atoms with E-state index in [1.54, 1.807) is 31.3 Å². The third-order valence-corrected chi connectivity index (χ3v) is 5.31. The first-order valence-electron chi connectivity index (χ1n) is 10.2. The smallest absolute Gasteiger partial charge is 0.226 e. The molecule has 0 unspecified atom stereocenters. The summed E-state index contributed by atoms with van der Waals surface area (Å²) in [4.78, 5) is 30.4. The third-order valence-electron chi connectivity index (χ3n) is 5.31. The summed E-state index contributed by atoms with van der Waals surface area (Å²) in [5.41, 5.74) is 10.0. The Balaban J connectivity index is 1.77. The Kier molecular flexibility index (Phi) is 7.03. The van der Waals surface area contributed by atoms with Gasteiger partial charge in [0.05, 0.1) is 12.7 Å². The van der Waals surface area contributed by atoms with E-state index in [4.69, 9.17) is 10.5 Å². The van der Waals surface area contributed by atoms with Gasteiger partial charge in [0.25, 0.3) is 0 Å². The third kappa shape index (κ3) is 5.09. The zero-order chi connectivity index (χ0) is 22.4. The lowest BCUT2D eigenvalue weighted by Crippen LogP contribution is -2.24. The first-order chi connectivity index (χ1) is 14.9. The van der Waals surface area contributed by atoms with Crippen molar-refractivity contribution in [2.75, 3.05) is 24.8 Å². The number of hydrogen-bond donors (Lipinski definition) is 1. The second kappa shape index (κ2) is 9.89. The average Bonchev–Trinajstić information content (AvgIpc) is 2.82. The van der Waals surface area contributed by atoms with Crippen LogP contribution >= 0.6 is 0 Å². The van der Waals surface area contributed by atoms with Gasteiger partial charge in [0.1, 0.15) is 11.6 Å². The summed E-state index contributed by atoms with van der Waals surface area (Å²) in [6.07, 6.45) is 2.93. The number of anilines is 2. The molecule has 31 heavy (non-hydrogen) atoms. The fraction of sp³-hybridized carbons (Fsp3) is 0.240. The van der Waals surface area contributed by atoms with Crippen molar-refractivity contribution in [3.05, 3.63) is 71.9 Å². The van der Waals surface area contributed by atoms with Crippen molar-refractivity contribution in [2.45, 2.75) is 26.2 Å². The van der Waals surface area contributed by atoms with Crippen molar-refractivity contribution in [1.82, 2.24) is 4.98 Å². The van der Waals surface area contributed by atoms with Crippen LogP contribution in [0.1, 0.15) is 35.7 Å². The summed E-state index contributed by atoms with van der Waals surface area (Å²) in [6.45, 7) is 1.84. The zero-order valence-corrected chi connectivity index (χ0v) is 18.1. The molecule has 6 nitrogen and oxygen atoms in total. The van der Waals surface area contributed by atoms with Crippen LogP contribution in [0, 0.1) is 0 Å². The molecule has 2 aromatic carbocycles. The molecule has 0 atom stereocenters. The molecule has 0 saturated heterocycles. The molecular weight excluding hydrogens is 390 g/mol. The van der Waals surface area contributed by atoms with Crippen LogP contribution in [0.5, 0.6) is 5.75 Å². The number of rotatable bonds is 8. The van der Waals surface area contributed by atoms with E-state index in [1.165, 1.54) is 0 Å². The second-order valence-corrected chi connectivity index (χ2v) is 7.24. The van der Waals surface area contributed by atoms with E-state index in [0.717, 1.165) is 22.4 Å². The predicted octanol–water partition coefficient (Wildman–Crippen LogP) is 4.53. The lowest BCUT2D eigenvalue weighted by Gasteiger charge is -2.17. The predicted molar refractivity (Wildman–Crippen MR) is 123 cm³/mol. The van der Waals surface area contributed by atoms with Gasteiger partial charge in [0.15, 0.2) is 5.78 Å². The van der Waals surface area contributed by atoms with E-state index in [9.17, 15) is 9.59 Å². The number of pyridine rings is 1. The highest BCUT2D eigenvalue weighted by Crippen LogP contribution is 2.30. The first kappa shape index (κ1) is 22.0. The highest BCUT2D eigenvalue weighted by Gasteiger charge is 2.15. The molecule has 3 aromatic rings. The molecule has 1 aromatic heterocycles. The molecule has 0 aliphatic rings. The number of nitrogens with two attached hydrogens (primary N) is 1. The molecule has 1 amide bonds. The van der Waals surface area contributed by atoms with Crippen molar-refractivity contribution in [1.29, 1.82) is 0 Å². The van der Waals surface area contributed by atoms with Crippen LogP contribution < -0.4 is 15.4 Å². The molecule has 0 aliphatic heterocycles. The number of ketones is 1. The summed E-state index contributed by atoms with van der Waals surface area (Å²) in [7, 11) is 3.33. The standard InChI is InChI=1S/C25H27N3O3/c1-4-24(30)28(2)20-11-7-17(8-12-20)19-9-13-21(23(16-19)31-3)22(29)14-10-18-6-5-15-27-25(18)26/h5-9,11-13,15-16H,4,10,14H2,1-3H3,(H2,26,27). The van der Waals surface area contributed by atoms with Gasteiger partial charge in [-0.25, -0.2) is 4.98 Å². The summed E-state index contributed by atoms with van der Waals surface area (Å²) in [6, 6.07) is 17.0. The fourth-order valence-corrected chi connectivity index (χ4v) is 3.40. The minimum atomic E-state index is -0.0123. The Labute approximate surface area is 182 Å². The topological polar surface area (TPSA) is 85.5 Å². The van der Waals surface area contributed by atoms with Crippen molar-refractivity contribution in [3.8, 4) is 16.9 Å². The maximum absolute atomic E-state index is 12.8. The molecule has 160 valence electrons. The highest BCUT2D eigenvalue weighted by atomic mass is 16.5. The van der Waals surface area contributed by atoms with E-state index >= 15 is 0 Å². The SMILES string of the molecule is CCC(=O)N(C)c1ccc(-c2ccc(C(=O)CCc3cccnc3N)c(OC)c2)cc1. The van der Waals surface area contributed by atoms with E-state index in [0.29, 0.717) is 36.4 Å².